The van der Waals surface area contributed by atoms with Crippen LogP contribution in [0.2, 0.25) is 0 Å². The first-order chi connectivity index (χ1) is 17.6. The number of carbonyl (C=O) groups excluding carboxylic acids is 2. The minimum absolute atomic E-state index is 0.0130. The molecular formula is C29H31N3O4. The summed E-state index contributed by atoms with van der Waals surface area (Å²) in [4.78, 5) is 28.2. The fourth-order valence-electron chi connectivity index (χ4n) is 5.11. The third-order valence-electron chi connectivity index (χ3n) is 6.90. The van der Waals surface area contributed by atoms with Crippen LogP contribution in [0.5, 0.6) is 11.5 Å². The lowest BCUT2D eigenvalue weighted by atomic mass is 9.86. The van der Waals surface area contributed by atoms with Crippen molar-refractivity contribution in [2.75, 3.05) is 17.7 Å². The summed E-state index contributed by atoms with van der Waals surface area (Å²) in [6, 6.07) is 20.8. The molecule has 3 amide bonds. The van der Waals surface area contributed by atoms with Crippen LogP contribution in [0, 0.1) is 0 Å². The van der Waals surface area contributed by atoms with Crippen molar-refractivity contribution >= 4 is 23.3 Å². The topological polar surface area (TPSA) is 79.9 Å². The van der Waals surface area contributed by atoms with Crippen LogP contribution in [0.3, 0.4) is 0 Å². The van der Waals surface area contributed by atoms with Crippen molar-refractivity contribution in [3.05, 3.63) is 83.4 Å². The van der Waals surface area contributed by atoms with Crippen molar-refractivity contribution in [2.24, 2.45) is 0 Å². The van der Waals surface area contributed by atoms with Crippen LogP contribution >= 0.6 is 0 Å². The van der Waals surface area contributed by atoms with E-state index in [1.807, 2.05) is 42.2 Å². The smallest absolute Gasteiger partial charge is 0.323 e. The third-order valence-corrected chi connectivity index (χ3v) is 6.90. The van der Waals surface area contributed by atoms with E-state index in [2.05, 4.69) is 28.8 Å². The lowest BCUT2D eigenvalue weighted by Gasteiger charge is -2.36. The third kappa shape index (κ3) is 4.87. The Balaban J connectivity index is 1.39. The van der Waals surface area contributed by atoms with Gasteiger partial charge in [-0.3, -0.25) is 4.79 Å². The van der Waals surface area contributed by atoms with Crippen LogP contribution in [0.4, 0.5) is 16.2 Å². The summed E-state index contributed by atoms with van der Waals surface area (Å²) >= 11 is 0. The summed E-state index contributed by atoms with van der Waals surface area (Å²) in [5.41, 5.74) is 4.67. The molecule has 7 nitrogen and oxygen atoms in total. The number of amides is 3. The maximum absolute atomic E-state index is 13.6. The van der Waals surface area contributed by atoms with Crippen LogP contribution in [-0.2, 0) is 17.8 Å². The van der Waals surface area contributed by atoms with E-state index in [1.165, 1.54) is 11.1 Å². The van der Waals surface area contributed by atoms with Crippen LogP contribution in [0.25, 0.3) is 0 Å². The van der Waals surface area contributed by atoms with Crippen molar-refractivity contribution in [3.8, 4) is 11.5 Å². The Morgan fingerprint density at radius 2 is 1.83 bits per heavy atom. The predicted molar refractivity (Wildman–Crippen MR) is 139 cm³/mol. The van der Waals surface area contributed by atoms with Crippen molar-refractivity contribution in [2.45, 2.75) is 51.3 Å². The maximum atomic E-state index is 13.6. The maximum Gasteiger partial charge on any atom is 0.323 e. The summed E-state index contributed by atoms with van der Waals surface area (Å²) in [5, 5.41) is 5.72. The molecular weight excluding hydrogens is 454 g/mol. The van der Waals surface area contributed by atoms with E-state index < -0.39 is 6.10 Å². The second-order valence-electron chi connectivity index (χ2n) is 9.22. The minimum Gasteiger partial charge on any atom is -0.497 e. The Kier molecular flexibility index (Phi) is 6.80. The van der Waals surface area contributed by atoms with Gasteiger partial charge in [0.15, 0.2) is 6.10 Å². The molecule has 0 aromatic heterocycles. The fraction of sp³-hybridized carbons (Fsp3) is 0.310. The number of urea groups is 1. The molecule has 2 atom stereocenters. The first kappa shape index (κ1) is 23.7. The summed E-state index contributed by atoms with van der Waals surface area (Å²) < 4.78 is 11.4. The number of hydrogen-bond donors (Lipinski definition) is 2. The van der Waals surface area contributed by atoms with Gasteiger partial charge in [-0.05, 0) is 67.1 Å². The van der Waals surface area contributed by atoms with Gasteiger partial charge in [-0.15, -0.1) is 0 Å². The normalized spacial score (nSPS) is 18.8. The molecule has 0 saturated heterocycles. The van der Waals surface area contributed by atoms with E-state index >= 15 is 0 Å². The summed E-state index contributed by atoms with van der Waals surface area (Å²) in [6.07, 6.45) is 3.06. The first-order valence-electron chi connectivity index (χ1n) is 12.5. The Morgan fingerprint density at radius 1 is 1.03 bits per heavy atom. The van der Waals surface area contributed by atoms with Gasteiger partial charge in [0.1, 0.15) is 11.5 Å². The number of methoxy groups -OCH3 is 1. The van der Waals surface area contributed by atoms with E-state index in [-0.39, 0.29) is 18.0 Å². The van der Waals surface area contributed by atoms with Crippen LogP contribution < -0.4 is 20.1 Å². The molecule has 0 fully saturated rings. The monoisotopic (exact) mass is 485 g/mol. The van der Waals surface area contributed by atoms with Crippen LogP contribution in [-0.4, -0.2) is 30.1 Å². The zero-order valence-corrected chi connectivity index (χ0v) is 20.6. The number of aryl methyl sites for hydroxylation is 1. The molecule has 0 spiro atoms. The first-order valence-corrected chi connectivity index (χ1v) is 12.5. The molecule has 7 heteroatoms. The molecule has 0 radical (unpaired) electrons. The number of nitrogens with zero attached hydrogens (tertiary/aromatic N) is 1. The molecule has 1 aliphatic heterocycles. The van der Waals surface area contributed by atoms with Gasteiger partial charge in [0, 0.05) is 23.0 Å². The van der Waals surface area contributed by atoms with Crippen molar-refractivity contribution in [3.63, 3.8) is 0 Å². The number of ether oxygens (including phenoxy) is 2. The Hall–Kier alpha value is -4.00. The van der Waals surface area contributed by atoms with Crippen LogP contribution in [0.15, 0.2) is 66.7 Å². The number of benzene rings is 3. The molecule has 2 aliphatic rings. The zero-order valence-electron chi connectivity index (χ0n) is 20.6. The molecule has 5 rings (SSSR count). The van der Waals surface area contributed by atoms with Gasteiger partial charge in [-0.1, -0.05) is 37.3 Å². The highest BCUT2D eigenvalue weighted by Gasteiger charge is 2.36. The molecule has 1 heterocycles. The molecule has 2 N–H and O–H groups in total. The minimum atomic E-state index is -0.532. The lowest BCUT2D eigenvalue weighted by molar-refractivity contribution is -0.141. The van der Waals surface area contributed by atoms with Gasteiger partial charge in [0.25, 0.3) is 5.91 Å². The highest BCUT2D eigenvalue weighted by Crippen LogP contribution is 2.39. The van der Waals surface area contributed by atoms with E-state index in [1.54, 1.807) is 25.3 Å². The molecule has 0 unspecified atom stereocenters. The number of rotatable bonds is 5. The zero-order chi connectivity index (χ0) is 25.1. The van der Waals surface area contributed by atoms with Gasteiger partial charge in [0.05, 0.1) is 19.7 Å². The molecule has 3 aromatic carbocycles. The molecule has 0 bridgehead atoms. The highest BCUT2D eigenvalue weighted by atomic mass is 16.5. The number of fused-ring (bicyclic) bond motifs is 2. The summed E-state index contributed by atoms with van der Waals surface area (Å²) in [6.45, 7) is 2.40. The van der Waals surface area contributed by atoms with E-state index in [4.69, 9.17) is 9.47 Å². The Labute approximate surface area is 211 Å². The number of anilines is 2. The second-order valence-corrected chi connectivity index (χ2v) is 9.22. The van der Waals surface area contributed by atoms with Crippen molar-refractivity contribution in [1.29, 1.82) is 0 Å². The average molecular weight is 486 g/mol. The molecule has 36 heavy (non-hydrogen) atoms. The average Bonchev–Trinajstić information content (AvgIpc) is 3.04. The van der Waals surface area contributed by atoms with Gasteiger partial charge in [0.2, 0.25) is 0 Å². The van der Waals surface area contributed by atoms with Gasteiger partial charge >= 0.3 is 6.03 Å². The van der Waals surface area contributed by atoms with Crippen LogP contribution in [0.1, 0.15) is 48.9 Å². The molecule has 0 saturated carbocycles. The van der Waals surface area contributed by atoms with Gasteiger partial charge < -0.3 is 25.0 Å². The van der Waals surface area contributed by atoms with E-state index in [0.717, 1.165) is 24.8 Å². The van der Waals surface area contributed by atoms with Crippen molar-refractivity contribution < 1.29 is 19.1 Å². The highest BCUT2D eigenvalue weighted by molar-refractivity contribution is 6.00. The van der Waals surface area contributed by atoms with Crippen molar-refractivity contribution in [1.82, 2.24) is 4.90 Å². The number of carbonyl (C=O) groups is 2. The van der Waals surface area contributed by atoms with E-state index in [9.17, 15) is 9.59 Å². The fourth-order valence-corrected chi connectivity index (χ4v) is 5.11. The summed E-state index contributed by atoms with van der Waals surface area (Å²) in [7, 11) is 1.58. The predicted octanol–water partition coefficient (Wildman–Crippen LogP) is 5.92. The molecule has 186 valence electrons. The standard InChI is InChI=1S/C29H31N3O4/c1-3-26-28(33)32(25-13-6-9-19-8-4-5-12-24(19)25)18-20-16-22(14-15-27(20)36-26)31-29(34)30-21-10-7-11-23(17-21)35-2/h4-5,7-8,10-12,14-17,25-26H,3,6,9,13,18H2,1-2H3,(H2,30,31,34)/t25-,26-/m0/s1. The molecule has 3 aromatic rings. The Morgan fingerprint density at radius 3 is 2.64 bits per heavy atom. The largest absolute Gasteiger partial charge is 0.497 e. The quantitative estimate of drug-likeness (QED) is 0.470. The Bertz CT molecular complexity index is 1270. The van der Waals surface area contributed by atoms with Gasteiger partial charge in [-0.25, -0.2) is 4.79 Å². The number of hydrogen-bond acceptors (Lipinski definition) is 4. The lowest BCUT2D eigenvalue weighted by Crippen LogP contribution is -2.42. The second kappa shape index (κ2) is 10.3. The van der Waals surface area contributed by atoms with Gasteiger partial charge in [-0.2, -0.15) is 0 Å². The van der Waals surface area contributed by atoms with E-state index in [0.29, 0.717) is 35.8 Å². The molecule has 1 aliphatic carbocycles. The number of nitrogens with one attached hydrogen (secondary N) is 2. The SMILES string of the molecule is CC[C@@H]1Oc2ccc(NC(=O)Nc3cccc(OC)c3)cc2CN([C@H]2CCCc3ccccc32)C1=O. The summed E-state index contributed by atoms with van der Waals surface area (Å²) in [5.74, 6) is 1.36.